The summed E-state index contributed by atoms with van der Waals surface area (Å²) in [5.41, 5.74) is -7.37. The average molecular weight is 481 g/mol. The molecule has 0 aliphatic carbocycles. The lowest BCUT2D eigenvalue weighted by Gasteiger charge is -2.31. The predicted molar refractivity (Wildman–Crippen MR) is 76.9 cm³/mol. The smallest absolute Gasteiger partial charge is 0.319 e. The van der Waals surface area contributed by atoms with Crippen LogP contribution in [-0.4, -0.2) is 34.2 Å². The molecule has 0 saturated heterocycles. The highest BCUT2D eigenvalue weighted by atomic mass is 32.2. The Morgan fingerprint density at radius 1 is 0.900 bits per heavy atom. The summed E-state index contributed by atoms with van der Waals surface area (Å²) in [6, 6.07) is 1.06. The second-order valence-electron chi connectivity index (χ2n) is 5.39. The van der Waals surface area contributed by atoms with Crippen LogP contribution in [-0.2, 0) is 6.18 Å². The molecule has 2 rings (SSSR count). The number of nitrogens with one attached hydrogen (secondary N) is 1. The van der Waals surface area contributed by atoms with Crippen molar-refractivity contribution in [1.29, 1.82) is 0 Å². The molecule has 168 valence electrons. The van der Waals surface area contributed by atoms with Gasteiger partial charge in [-0.05, 0) is 12.1 Å². The van der Waals surface area contributed by atoms with Crippen LogP contribution in [0.2, 0.25) is 0 Å². The van der Waals surface area contributed by atoms with Crippen molar-refractivity contribution in [2.45, 2.75) is 30.2 Å². The Morgan fingerprint density at radius 2 is 1.43 bits per heavy atom. The predicted octanol–water partition coefficient (Wildman–Crippen LogP) is 6.22. The summed E-state index contributed by atoms with van der Waals surface area (Å²) in [5.74, 6) is -5.11. The maximum atomic E-state index is 13.6. The molecule has 1 aromatic heterocycles. The van der Waals surface area contributed by atoms with Gasteiger partial charge >= 0.3 is 24.7 Å². The first kappa shape index (κ1) is 24.1. The zero-order valence-corrected chi connectivity index (χ0v) is 14.3. The van der Waals surface area contributed by atoms with Gasteiger partial charge in [-0.2, -0.15) is 52.7 Å². The fourth-order valence-corrected chi connectivity index (χ4v) is 3.32. The number of aliphatic imine (C=N–C) groups is 1. The van der Waals surface area contributed by atoms with Gasteiger partial charge in [0.2, 0.25) is 5.83 Å². The number of hydrogen-bond acceptors (Lipinski definition) is 4. The monoisotopic (exact) mass is 481 g/mol. The number of amidine groups is 1. The molecule has 1 N–H and O–H groups in total. The number of alkyl halides is 12. The molecule has 1 aliphatic heterocycles. The van der Waals surface area contributed by atoms with Crippen molar-refractivity contribution in [3.05, 3.63) is 34.6 Å². The summed E-state index contributed by atoms with van der Waals surface area (Å²) in [6.45, 7) is 0. The highest BCUT2D eigenvalue weighted by Gasteiger charge is 2.77. The minimum atomic E-state index is -6.63. The summed E-state index contributed by atoms with van der Waals surface area (Å²) < 4.78 is 170. The first-order chi connectivity index (χ1) is 13.3. The van der Waals surface area contributed by atoms with Gasteiger partial charge in [0.15, 0.2) is 5.17 Å². The number of anilines is 1. The van der Waals surface area contributed by atoms with E-state index in [9.17, 15) is 57.1 Å². The van der Waals surface area contributed by atoms with Gasteiger partial charge in [-0.3, -0.25) is 0 Å². The van der Waals surface area contributed by atoms with E-state index < -0.39 is 69.3 Å². The van der Waals surface area contributed by atoms with E-state index in [1.807, 2.05) is 0 Å². The lowest BCUT2D eigenvalue weighted by molar-refractivity contribution is -0.280. The topological polar surface area (TPSA) is 37.3 Å². The standard InChI is InChI=1S/C13H4F13N3S/c14-5(11(18,19)20)6-9(12(21,22)23,13(24,25)26)29-8(30-6)28-7-4(10(15,16)17)2-1-3-27-7/h1-3H,(H,27,28,29). The number of nitrogens with zero attached hydrogens (tertiary/aromatic N) is 2. The second-order valence-corrected chi connectivity index (χ2v) is 6.39. The van der Waals surface area contributed by atoms with Gasteiger partial charge < -0.3 is 5.32 Å². The van der Waals surface area contributed by atoms with E-state index in [0.717, 1.165) is 6.07 Å². The molecule has 0 amide bonds. The molecule has 0 spiro atoms. The van der Waals surface area contributed by atoms with Gasteiger partial charge in [0, 0.05) is 6.20 Å². The Labute approximate surface area is 161 Å². The summed E-state index contributed by atoms with van der Waals surface area (Å²) in [6.07, 6.45) is -24.1. The summed E-state index contributed by atoms with van der Waals surface area (Å²) in [5, 5.41) is -0.368. The van der Waals surface area contributed by atoms with Crippen LogP contribution >= 0.6 is 11.8 Å². The summed E-state index contributed by atoms with van der Waals surface area (Å²) in [7, 11) is 0. The minimum absolute atomic E-state index is 0.337. The van der Waals surface area contributed by atoms with Crippen LogP contribution in [0.5, 0.6) is 0 Å². The maximum absolute atomic E-state index is 13.6. The molecule has 30 heavy (non-hydrogen) atoms. The molecular weight excluding hydrogens is 477 g/mol. The fraction of sp³-hybridized carbons (Fsp3) is 0.385. The van der Waals surface area contributed by atoms with Gasteiger partial charge in [0.25, 0.3) is 5.54 Å². The van der Waals surface area contributed by atoms with E-state index >= 15 is 0 Å². The minimum Gasteiger partial charge on any atom is -0.319 e. The average Bonchev–Trinajstić information content (AvgIpc) is 2.93. The molecular formula is C13H4F13N3S. The number of allylic oxidation sites excluding steroid dienone is 1. The molecule has 3 nitrogen and oxygen atoms in total. The molecule has 0 aromatic carbocycles. The van der Waals surface area contributed by atoms with Gasteiger partial charge in [0.05, 0.1) is 10.5 Å². The molecule has 0 bridgehead atoms. The molecule has 0 atom stereocenters. The Balaban J connectivity index is 2.72. The number of halogens is 13. The summed E-state index contributed by atoms with van der Waals surface area (Å²) >= 11 is -1.10. The molecule has 0 unspecified atom stereocenters. The number of aromatic nitrogens is 1. The second kappa shape index (κ2) is 7.19. The lowest BCUT2D eigenvalue weighted by atomic mass is 9.97. The molecule has 0 saturated carbocycles. The highest BCUT2D eigenvalue weighted by Crippen LogP contribution is 2.59. The largest absolute Gasteiger partial charge is 0.443 e. The first-order valence-electron chi connectivity index (χ1n) is 7.00. The number of hydrogen-bond donors (Lipinski definition) is 1. The molecule has 0 radical (unpaired) electrons. The van der Waals surface area contributed by atoms with Crippen molar-refractivity contribution in [3.63, 3.8) is 0 Å². The zero-order chi connectivity index (χ0) is 23.3. The van der Waals surface area contributed by atoms with E-state index in [1.165, 1.54) is 5.32 Å². The Kier molecular flexibility index (Phi) is 5.77. The van der Waals surface area contributed by atoms with Crippen LogP contribution < -0.4 is 5.32 Å². The SMILES string of the molecule is FC(=C1SC(Nc2ncccc2C(F)(F)F)=NC1(C(F)(F)F)C(F)(F)F)C(F)(F)F. The molecule has 1 aromatic rings. The molecule has 1 aliphatic rings. The van der Waals surface area contributed by atoms with E-state index in [-0.39, 0.29) is 0 Å². The van der Waals surface area contributed by atoms with Gasteiger partial charge in [0.1, 0.15) is 5.82 Å². The van der Waals surface area contributed by atoms with Crippen molar-refractivity contribution in [3.8, 4) is 0 Å². The Bertz CT molecular complexity index is 862. The quantitative estimate of drug-likeness (QED) is 0.484. The van der Waals surface area contributed by atoms with Crippen LogP contribution in [0.3, 0.4) is 0 Å². The van der Waals surface area contributed by atoms with E-state index in [1.54, 1.807) is 0 Å². The van der Waals surface area contributed by atoms with E-state index in [4.69, 9.17) is 0 Å². The fourth-order valence-electron chi connectivity index (χ4n) is 2.16. The van der Waals surface area contributed by atoms with Gasteiger partial charge in [-0.25, -0.2) is 14.4 Å². The normalized spacial score (nSPS) is 19.6. The van der Waals surface area contributed by atoms with Crippen LogP contribution in [0.25, 0.3) is 0 Å². The molecule has 0 fully saturated rings. The van der Waals surface area contributed by atoms with Crippen molar-refractivity contribution < 1.29 is 57.1 Å². The van der Waals surface area contributed by atoms with Gasteiger partial charge in [-0.15, -0.1) is 0 Å². The van der Waals surface area contributed by atoms with Crippen LogP contribution in [0.1, 0.15) is 5.56 Å². The van der Waals surface area contributed by atoms with Crippen molar-refractivity contribution in [2.75, 3.05) is 5.32 Å². The van der Waals surface area contributed by atoms with Crippen molar-refractivity contribution >= 4 is 22.7 Å². The first-order valence-corrected chi connectivity index (χ1v) is 7.82. The number of pyridine rings is 1. The summed E-state index contributed by atoms with van der Waals surface area (Å²) in [4.78, 5) is 2.25. The highest BCUT2D eigenvalue weighted by molar-refractivity contribution is 8.17. The van der Waals surface area contributed by atoms with Crippen LogP contribution in [0.4, 0.5) is 62.9 Å². The lowest BCUT2D eigenvalue weighted by Crippen LogP contribution is -2.55. The Hall–Kier alpha value is -2.20. The molecule has 17 heteroatoms. The molecule has 2 heterocycles. The van der Waals surface area contributed by atoms with E-state index in [0.29, 0.717) is 12.3 Å². The Morgan fingerprint density at radius 3 is 1.87 bits per heavy atom. The zero-order valence-electron chi connectivity index (χ0n) is 13.4. The maximum Gasteiger partial charge on any atom is 0.443 e. The van der Waals surface area contributed by atoms with Crippen molar-refractivity contribution in [1.82, 2.24) is 4.98 Å². The third-order valence-electron chi connectivity index (χ3n) is 3.40. The third kappa shape index (κ3) is 4.15. The number of rotatable bonds is 1. The van der Waals surface area contributed by atoms with Gasteiger partial charge in [-0.1, -0.05) is 11.8 Å². The number of thioether (sulfide) groups is 1. The van der Waals surface area contributed by atoms with Crippen LogP contribution in [0, 0.1) is 0 Å². The van der Waals surface area contributed by atoms with Crippen LogP contribution in [0.15, 0.2) is 34.1 Å². The van der Waals surface area contributed by atoms with E-state index in [2.05, 4.69) is 9.98 Å². The van der Waals surface area contributed by atoms with Crippen molar-refractivity contribution in [2.24, 2.45) is 4.99 Å². The third-order valence-corrected chi connectivity index (χ3v) is 4.47.